The van der Waals surface area contributed by atoms with E-state index in [0.717, 1.165) is 24.3 Å². The fourth-order valence-corrected chi connectivity index (χ4v) is 5.94. The van der Waals surface area contributed by atoms with E-state index in [-0.39, 0.29) is 11.4 Å². The number of hydrogen-bond acceptors (Lipinski definition) is 3. The van der Waals surface area contributed by atoms with Crippen molar-refractivity contribution in [2.24, 2.45) is 23.2 Å². The topological polar surface area (TPSA) is 46.5 Å². The summed E-state index contributed by atoms with van der Waals surface area (Å²) < 4.78 is 4.77. The summed E-state index contributed by atoms with van der Waals surface area (Å²) in [5, 5.41) is 11.6. The number of methoxy groups -OCH3 is 1. The molecule has 1 aromatic carbocycles. The highest BCUT2D eigenvalue weighted by Crippen LogP contribution is 2.71. The number of aliphatic hydroxyl groups is 1. The summed E-state index contributed by atoms with van der Waals surface area (Å²) >= 11 is 0. The molecule has 3 nitrogen and oxygen atoms in total. The second-order valence-corrected chi connectivity index (χ2v) is 8.12. The van der Waals surface area contributed by atoms with Crippen LogP contribution in [-0.4, -0.2) is 18.2 Å². The summed E-state index contributed by atoms with van der Waals surface area (Å²) in [5.74, 6) is 1.55. The van der Waals surface area contributed by atoms with Crippen LogP contribution < -0.4 is 0 Å². The van der Waals surface area contributed by atoms with Crippen molar-refractivity contribution in [3.8, 4) is 0 Å². The van der Waals surface area contributed by atoms with Crippen LogP contribution in [0.25, 0.3) is 0 Å². The Hall–Kier alpha value is -1.35. The maximum absolute atomic E-state index is 11.6. The lowest BCUT2D eigenvalue weighted by molar-refractivity contribution is -0.284. The maximum atomic E-state index is 11.6. The van der Waals surface area contributed by atoms with Crippen molar-refractivity contribution in [2.45, 2.75) is 51.0 Å². The predicted octanol–water partition coefficient (Wildman–Crippen LogP) is 3.90. The van der Waals surface area contributed by atoms with Crippen molar-refractivity contribution < 1.29 is 14.6 Å². The molecule has 4 rings (SSSR count). The first-order valence-electron chi connectivity index (χ1n) is 8.91. The van der Waals surface area contributed by atoms with Crippen molar-refractivity contribution in [1.82, 2.24) is 0 Å². The predicted molar refractivity (Wildman–Crippen MR) is 88.0 cm³/mol. The smallest absolute Gasteiger partial charge is 0.337 e. The fraction of sp³-hybridized carbons (Fsp3) is 0.650. The molecular formula is C20H26O3. The molecule has 3 aliphatic carbocycles. The molecule has 0 amide bonds. The van der Waals surface area contributed by atoms with Gasteiger partial charge in [0.15, 0.2) is 0 Å². The van der Waals surface area contributed by atoms with Crippen molar-refractivity contribution in [3.63, 3.8) is 0 Å². The molecule has 0 aliphatic heterocycles. The molecule has 0 heterocycles. The van der Waals surface area contributed by atoms with Crippen LogP contribution in [-0.2, 0) is 10.3 Å². The molecule has 3 heteroatoms. The largest absolute Gasteiger partial charge is 0.465 e. The van der Waals surface area contributed by atoms with E-state index in [1.54, 1.807) is 12.1 Å². The minimum atomic E-state index is -0.722. The first-order chi connectivity index (χ1) is 11.0. The van der Waals surface area contributed by atoms with E-state index in [0.29, 0.717) is 17.4 Å². The Kier molecular flexibility index (Phi) is 3.35. The summed E-state index contributed by atoms with van der Waals surface area (Å²) in [7, 11) is 1.39. The number of benzene rings is 1. The van der Waals surface area contributed by atoms with Gasteiger partial charge in [-0.25, -0.2) is 4.79 Å². The van der Waals surface area contributed by atoms with Crippen molar-refractivity contribution in [1.29, 1.82) is 0 Å². The van der Waals surface area contributed by atoms with Gasteiger partial charge < -0.3 is 9.84 Å². The molecule has 3 aliphatic rings. The molecule has 0 aromatic heterocycles. The van der Waals surface area contributed by atoms with Gasteiger partial charge in [0.25, 0.3) is 0 Å². The normalized spacial score (nSPS) is 41.6. The van der Waals surface area contributed by atoms with Gasteiger partial charge in [-0.15, -0.1) is 0 Å². The lowest BCUT2D eigenvalue weighted by atomic mass is 9.37. The Balaban J connectivity index is 1.66. The van der Waals surface area contributed by atoms with E-state index >= 15 is 0 Å². The van der Waals surface area contributed by atoms with E-state index in [1.165, 1.54) is 32.8 Å². The van der Waals surface area contributed by atoms with Crippen LogP contribution in [0.15, 0.2) is 24.3 Å². The number of fused-ring (bicyclic) bond motifs is 4. The first-order valence-corrected chi connectivity index (χ1v) is 8.91. The third-order valence-electron chi connectivity index (χ3n) is 7.07. The van der Waals surface area contributed by atoms with E-state index in [4.69, 9.17) is 4.74 Å². The first kappa shape index (κ1) is 15.2. The summed E-state index contributed by atoms with van der Waals surface area (Å²) in [6.07, 6.45) is 7.57. The average Bonchev–Trinajstić information content (AvgIpc) is 2.59. The molecule has 3 fully saturated rings. The quantitative estimate of drug-likeness (QED) is 0.842. The molecule has 0 spiro atoms. The van der Waals surface area contributed by atoms with Crippen LogP contribution in [0.4, 0.5) is 0 Å². The Bertz CT molecular complexity index is 622. The van der Waals surface area contributed by atoms with Crippen molar-refractivity contribution >= 4 is 5.97 Å². The lowest BCUT2D eigenvalue weighted by Crippen LogP contribution is -2.67. The van der Waals surface area contributed by atoms with Gasteiger partial charge in [-0.2, -0.15) is 0 Å². The number of hydrogen-bond donors (Lipinski definition) is 1. The molecule has 1 aromatic rings. The molecule has 23 heavy (non-hydrogen) atoms. The molecule has 0 radical (unpaired) electrons. The Labute approximate surface area is 138 Å². The van der Waals surface area contributed by atoms with Crippen molar-refractivity contribution in [2.75, 3.05) is 7.11 Å². The van der Waals surface area contributed by atoms with Crippen LogP contribution in [0.3, 0.4) is 0 Å². The summed E-state index contributed by atoms with van der Waals surface area (Å²) in [5.41, 5.74) is 0.793. The van der Waals surface area contributed by atoms with Gasteiger partial charge in [-0.3, -0.25) is 0 Å². The number of carbonyl (C=O) groups excluding carboxylic acids is 1. The van der Waals surface area contributed by atoms with Crippen LogP contribution in [0.5, 0.6) is 0 Å². The minimum absolute atomic E-state index is 0.0110. The zero-order chi connectivity index (χ0) is 16.2. The summed E-state index contributed by atoms with van der Waals surface area (Å²) in [6, 6.07) is 7.43. The van der Waals surface area contributed by atoms with E-state index in [1.807, 2.05) is 12.1 Å². The van der Waals surface area contributed by atoms with Gasteiger partial charge in [0.05, 0.1) is 18.3 Å². The second-order valence-electron chi connectivity index (χ2n) is 8.12. The standard InChI is InChI=1S/C20H26O3/c1-19-11-14-5-3-4-6-16(14)17(12-19)20(19,22)15-9-7-13(8-10-15)18(21)23-2/h7-10,14,16-17,22H,3-6,11-12H2,1-2H3/t14-,16+,17-,19-,20-/m0/s1. The molecule has 0 saturated heterocycles. The number of ether oxygens (including phenoxy) is 1. The fourth-order valence-electron chi connectivity index (χ4n) is 5.94. The zero-order valence-corrected chi connectivity index (χ0v) is 14.0. The Morgan fingerprint density at radius 1 is 1.17 bits per heavy atom. The van der Waals surface area contributed by atoms with Crippen LogP contribution >= 0.6 is 0 Å². The molecule has 0 unspecified atom stereocenters. The maximum Gasteiger partial charge on any atom is 0.337 e. The van der Waals surface area contributed by atoms with Gasteiger partial charge in [0.2, 0.25) is 0 Å². The van der Waals surface area contributed by atoms with Gasteiger partial charge in [-0.05, 0) is 54.7 Å². The Morgan fingerprint density at radius 2 is 1.87 bits per heavy atom. The second kappa shape index (κ2) is 5.07. The Morgan fingerprint density at radius 3 is 2.57 bits per heavy atom. The third kappa shape index (κ3) is 1.95. The SMILES string of the molecule is COC(=O)c1ccc([C@]2(O)[C@H]3C[C@]2(C)C[C@@H]2CCCC[C@H]23)cc1. The van der Waals surface area contributed by atoms with Gasteiger partial charge >= 0.3 is 5.97 Å². The van der Waals surface area contributed by atoms with Gasteiger partial charge in [0.1, 0.15) is 0 Å². The lowest BCUT2D eigenvalue weighted by Gasteiger charge is -2.69. The third-order valence-corrected chi connectivity index (χ3v) is 7.07. The summed E-state index contributed by atoms with van der Waals surface area (Å²) in [6.45, 7) is 2.25. The summed E-state index contributed by atoms with van der Waals surface area (Å²) in [4.78, 5) is 11.6. The van der Waals surface area contributed by atoms with E-state index in [2.05, 4.69) is 6.92 Å². The molecule has 124 valence electrons. The highest BCUT2D eigenvalue weighted by atomic mass is 16.5. The van der Waals surface area contributed by atoms with Crippen molar-refractivity contribution in [3.05, 3.63) is 35.4 Å². The zero-order valence-electron chi connectivity index (χ0n) is 14.0. The van der Waals surface area contributed by atoms with Crippen LogP contribution in [0.2, 0.25) is 0 Å². The van der Waals surface area contributed by atoms with Gasteiger partial charge in [0, 0.05) is 5.41 Å². The monoisotopic (exact) mass is 314 g/mol. The number of esters is 1. The average molecular weight is 314 g/mol. The van der Waals surface area contributed by atoms with Gasteiger partial charge in [-0.1, -0.05) is 38.3 Å². The molecule has 1 N–H and O–H groups in total. The van der Waals surface area contributed by atoms with E-state index < -0.39 is 5.60 Å². The highest BCUT2D eigenvalue weighted by molar-refractivity contribution is 5.89. The minimum Gasteiger partial charge on any atom is -0.465 e. The molecule has 5 atom stereocenters. The number of rotatable bonds is 2. The molecule has 3 saturated carbocycles. The molecule has 2 bridgehead atoms. The van der Waals surface area contributed by atoms with E-state index in [9.17, 15) is 9.90 Å². The highest BCUT2D eigenvalue weighted by Gasteiger charge is 2.69. The van der Waals surface area contributed by atoms with Crippen LogP contribution in [0, 0.1) is 23.2 Å². The molecular weight excluding hydrogens is 288 g/mol. The number of carbonyl (C=O) groups is 1. The van der Waals surface area contributed by atoms with Crippen LogP contribution in [0.1, 0.15) is 61.4 Å².